The summed E-state index contributed by atoms with van der Waals surface area (Å²) in [6.45, 7) is 2.79. The molecule has 7 heteroatoms. The fraction of sp³-hybridized carbons (Fsp3) is 0.312. The fourth-order valence-corrected chi connectivity index (χ4v) is 2.51. The second-order valence-corrected chi connectivity index (χ2v) is 5.25. The molecule has 1 aromatic carbocycles. The Morgan fingerprint density at radius 3 is 2.87 bits per heavy atom. The minimum Gasteiger partial charge on any atom is -0.509 e. The summed E-state index contributed by atoms with van der Waals surface area (Å²) in [4.78, 5) is 20.9. The molecule has 1 aliphatic rings. The quantitative estimate of drug-likeness (QED) is 0.649. The van der Waals surface area contributed by atoms with Gasteiger partial charge in [-0.05, 0) is 12.1 Å². The summed E-state index contributed by atoms with van der Waals surface area (Å²) in [5.41, 5.74) is 0.134. The predicted molar refractivity (Wildman–Crippen MR) is 84.8 cm³/mol. The van der Waals surface area contributed by atoms with Crippen molar-refractivity contribution in [2.75, 3.05) is 32.8 Å². The Morgan fingerprint density at radius 2 is 2.13 bits per heavy atom. The maximum absolute atomic E-state index is 12.1. The van der Waals surface area contributed by atoms with Gasteiger partial charge in [0.05, 0.1) is 30.7 Å². The van der Waals surface area contributed by atoms with Crippen molar-refractivity contribution in [1.82, 2.24) is 14.9 Å². The average Bonchev–Trinajstić information content (AvgIpc) is 2.56. The van der Waals surface area contributed by atoms with Gasteiger partial charge >= 0.3 is 0 Å². The molecule has 0 radical (unpaired) electrons. The lowest BCUT2D eigenvalue weighted by molar-refractivity contribution is 0.0381. The van der Waals surface area contributed by atoms with Crippen molar-refractivity contribution in [3.8, 4) is 6.07 Å². The van der Waals surface area contributed by atoms with E-state index >= 15 is 0 Å². The molecule has 0 unspecified atom stereocenters. The third-order valence-corrected chi connectivity index (χ3v) is 3.73. The van der Waals surface area contributed by atoms with Crippen molar-refractivity contribution >= 4 is 16.5 Å². The molecular formula is C16H16N4O3. The number of nitrogens with zero attached hydrogens (tertiary/aromatic N) is 3. The van der Waals surface area contributed by atoms with Gasteiger partial charge in [-0.2, -0.15) is 5.26 Å². The Hall–Kier alpha value is -2.69. The minimum atomic E-state index is -0.336. The number of hydrogen-bond acceptors (Lipinski definition) is 6. The number of aliphatic hydroxyl groups excluding tert-OH is 1. The zero-order valence-electron chi connectivity index (χ0n) is 12.5. The number of aromatic amines is 1. The van der Waals surface area contributed by atoms with Crippen LogP contribution in [-0.4, -0.2) is 52.8 Å². The van der Waals surface area contributed by atoms with Crippen molar-refractivity contribution in [3.63, 3.8) is 0 Å². The highest BCUT2D eigenvalue weighted by molar-refractivity contribution is 5.81. The van der Waals surface area contributed by atoms with E-state index in [9.17, 15) is 15.2 Å². The number of fused-ring (bicyclic) bond motifs is 1. The summed E-state index contributed by atoms with van der Waals surface area (Å²) in [7, 11) is 0. The Labute approximate surface area is 132 Å². The highest BCUT2D eigenvalue weighted by Crippen LogP contribution is 2.16. The number of ether oxygens (including phenoxy) is 1. The number of H-pyrrole nitrogens is 1. The molecule has 23 heavy (non-hydrogen) atoms. The topological polar surface area (TPSA) is 102 Å². The van der Waals surface area contributed by atoms with Crippen LogP contribution in [-0.2, 0) is 4.74 Å². The van der Waals surface area contributed by atoms with Gasteiger partial charge in [0.1, 0.15) is 17.4 Å². The van der Waals surface area contributed by atoms with Gasteiger partial charge in [0.15, 0.2) is 5.82 Å². The normalized spacial score (nSPS) is 16.8. The lowest BCUT2D eigenvalue weighted by atomic mass is 10.2. The number of aliphatic hydroxyl groups is 1. The zero-order chi connectivity index (χ0) is 16.2. The Morgan fingerprint density at radius 1 is 1.39 bits per heavy atom. The summed E-state index contributed by atoms with van der Waals surface area (Å²) >= 11 is 0. The first-order valence-corrected chi connectivity index (χ1v) is 7.31. The molecule has 2 N–H and O–H groups in total. The Balaban J connectivity index is 1.98. The molecule has 3 rings (SSSR count). The van der Waals surface area contributed by atoms with Crippen LogP contribution in [0.5, 0.6) is 0 Å². The molecule has 0 saturated carbocycles. The molecule has 2 aromatic rings. The van der Waals surface area contributed by atoms with Gasteiger partial charge in [-0.3, -0.25) is 9.69 Å². The van der Waals surface area contributed by atoms with Gasteiger partial charge in [-0.25, -0.2) is 4.98 Å². The molecule has 0 bridgehead atoms. The molecule has 0 aliphatic carbocycles. The van der Waals surface area contributed by atoms with Crippen LogP contribution >= 0.6 is 0 Å². The average molecular weight is 312 g/mol. The third kappa shape index (κ3) is 3.23. The van der Waals surface area contributed by atoms with Crippen LogP contribution in [0.2, 0.25) is 0 Å². The van der Waals surface area contributed by atoms with Crippen LogP contribution in [0, 0.1) is 11.3 Å². The smallest absolute Gasteiger partial charge is 0.259 e. The van der Waals surface area contributed by atoms with Crippen LogP contribution in [0.4, 0.5) is 0 Å². The minimum absolute atomic E-state index is 0.0145. The van der Waals surface area contributed by atoms with Crippen LogP contribution in [0.15, 0.2) is 34.8 Å². The zero-order valence-corrected chi connectivity index (χ0v) is 12.5. The molecule has 7 nitrogen and oxygen atoms in total. The highest BCUT2D eigenvalue weighted by Gasteiger charge is 2.17. The summed E-state index contributed by atoms with van der Waals surface area (Å²) in [6.07, 6.45) is 0. The standard InChI is InChI=1S/C16H16N4O3/c17-9-12(14(21)10-20-5-7-23-8-6-20)15-18-13-4-2-1-3-11(13)16(22)19-15/h1-4,21H,5-8,10H2,(H,18,19,22). The number of allylic oxidation sites excluding steroid dienone is 1. The van der Waals surface area contributed by atoms with Crippen LogP contribution in [0.1, 0.15) is 5.82 Å². The monoisotopic (exact) mass is 312 g/mol. The summed E-state index contributed by atoms with van der Waals surface area (Å²) in [5.74, 6) is -0.0187. The van der Waals surface area contributed by atoms with E-state index in [1.165, 1.54) is 0 Å². The molecule has 1 fully saturated rings. The maximum atomic E-state index is 12.1. The second kappa shape index (κ2) is 6.60. The van der Waals surface area contributed by atoms with E-state index in [1.807, 2.05) is 11.0 Å². The number of nitriles is 1. The number of hydrogen-bond donors (Lipinski definition) is 2. The van der Waals surface area contributed by atoms with Crippen LogP contribution in [0.3, 0.4) is 0 Å². The first-order chi connectivity index (χ1) is 11.2. The molecular weight excluding hydrogens is 296 g/mol. The summed E-state index contributed by atoms with van der Waals surface area (Å²) < 4.78 is 5.25. The molecule has 1 aliphatic heterocycles. The van der Waals surface area contributed by atoms with Gasteiger partial charge in [-0.1, -0.05) is 12.1 Å². The number of nitrogens with one attached hydrogen (secondary N) is 1. The number of rotatable bonds is 3. The molecule has 2 heterocycles. The molecule has 1 aromatic heterocycles. The first-order valence-electron chi connectivity index (χ1n) is 7.31. The van der Waals surface area contributed by atoms with Crippen molar-refractivity contribution in [3.05, 3.63) is 46.2 Å². The van der Waals surface area contributed by atoms with Gasteiger partial charge in [-0.15, -0.1) is 0 Å². The van der Waals surface area contributed by atoms with E-state index in [-0.39, 0.29) is 29.3 Å². The van der Waals surface area contributed by atoms with Crippen molar-refractivity contribution < 1.29 is 9.84 Å². The van der Waals surface area contributed by atoms with E-state index in [0.717, 1.165) is 0 Å². The summed E-state index contributed by atoms with van der Waals surface area (Å²) in [6, 6.07) is 8.81. The molecule has 118 valence electrons. The van der Waals surface area contributed by atoms with E-state index in [1.54, 1.807) is 24.3 Å². The van der Waals surface area contributed by atoms with E-state index < -0.39 is 0 Å². The Kier molecular flexibility index (Phi) is 4.37. The van der Waals surface area contributed by atoms with Gasteiger partial charge in [0, 0.05) is 13.1 Å². The molecule has 0 amide bonds. The lowest BCUT2D eigenvalue weighted by Crippen LogP contribution is -2.37. The molecule has 0 atom stereocenters. The number of benzene rings is 1. The number of morpholine rings is 1. The maximum Gasteiger partial charge on any atom is 0.259 e. The van der Waals surface area contributed by atoms with Gasteiger partial charge in [0.25, 0.3) is 5.56 Å². The second-order valence-electron chi connectivity index (χ2n) is 5.25. The van der Waals surface area contributed by atoms with Crippen LogP contribution in [0.25, 0.3) is 16.5 Å². The van der Waals surface area contributed by atoms with Crippen molar-refractivity contribution in [2.24, 2.45) is 0 Å². The molecule has 1 saturated heterocycles. The van der Waals surface area contributed by atoms with E-state index in [4.69, 9.17) is 4.74 Å². The lowest BCUT2D eigenvalue weighted by Gasteiger charge is -2.26. The number of para-hydroxylation sites is 1. The Bertz CT molecular complexity index is 844. The van der Waals surface area contributed by atoms with Crippen molar-refractivity contribution in [2.45, 2.75) is 0 Å². The fourth-order valence-electron chi connectivity index (χ4n) is 2.51. The first kappa shape index (κ1) is 15.2. The third-order valence-electron chi connectivity index (χ3n) is 3.73. The SMILES string of the molecule is N#CC(=C(O)CN1CCOCC1)c1nc2ccccc2c(=O)[nH]1. The van der Waals surface area contributed by atoms with E-state index in [0.29, 0.717) is 37.2 Å². The van der Waals surface area contributed by atoms with Crippen LogP contribution < -0.4 is 5.56 Å². The largest absolute Gasteiger partial charge is 0.509 e. The predicted octanol–water partition coefficient (Wildman–Crippen LogP) is 1.05. The van der Waals surface area contributed by atoms with Gasteiger partial charge < -0.3 is 14.8 Å². The van der Waals surface area contributed by atoms with Crippen molar-refractivity contribution in [1.29, 1.82) is 5.26 Å². The highest BCUT2D eigenvalue weighted by atomic mass is 16.5. The van der Waals surface area contributed by atoms with Gasteiger partial charge in [0.2, 0.25) is 0 Å². The van der Waals surface area contributed by atoms with E-state index in [2.05, 4.69) is 9.97 Å². The number of aromatic nitrogens is 2. The summed E-state index contributed by atoms with van der Waals surface area (Å²) in [5, 5.41) is 20.1. The molecule has 0 spiro atoms.